The monoisotopic (exact) mass is 419 g/mol. The minimum Gasteiger partial charge on any atom is -0.369 e. The molecule has 152 valence electrons. The van der Waals surface area contributed by atoms with Crippen LogP contribution in [0.3, 0.4) is 0 Å². The quantitative estimate of drug-likeness (QED) is 0.655. The van der Waals surface area contributed by atoms with Crippen LogP contribution in [0.25, 0.3) is 5.69 Å². The molecule has 3 aromatic rings. The Labute approximate surface area is 170 Å². The van der Waals surface area contributed by atoms with Crippen molar-refractivity contribution in [2.75, 3.05) is 0 Å². The minimum absolute atomic E-state index is 0.306. The van der Waals surface area contributed by atoms with Crippen LogP contribution < -0.4 is 5.73 Å². The van der Waals surface area contributed by atoms with E-state index >= 15 is 0 Å². The summed E-state index contributed by atoms with van der Waals surface area (Å²) in [5.74, 6) is -0.915. The molecule has 1 aromatic carbocycles. The Morgan fingerprint density at radius 3 is 2.52 bits per heavy atom. The number of rotatable bonds is 5. The van der Waals surface area contributed by atoms with E-state index in [2.05, 4.69) is 5.10 Å². The topological polar surface area (TPSA) is 60.9 Å². The number of thiophene rings is 1. The molecule has 1 aliphatic carbocycles. The third kappa shape index (κ3) is 3.94. The molecule has 0 aliphatic heterocycles. The van der Waals surface area contributed by atoms with Gasteiger partial charge in [-0.3, -0.25) is 4.79 Å². The molecule has 1 atom stereocenters. The number of nitrogens with two attached hydrogens (primary N) is 1. The van der Waals surface area contributed by atoms with Crippen molar-refractivity contribution in [3.05, 3.63) is 69.2 Å². The first-order valence-electron chi connectivity index (χ1n) is 9.44. The van der Waals surface area contributed by atoms with Crippen LogP contribution >= 0.6 is 11.3 Å². The van der Waals surface area contributed by atoms with Crippen LogP contribution in [0.2, 0.25) is 0 Å². The van der Waals surface area contributed by atoms with Crippen LogP contribution in [0.15, 0.2) is 41.8 Å². The van der Waals surface area contributed by atoms with Gasteiger partial charge < -0.3 is 5.73 Å². The maximum absolute atomic E-state index is 13.4. The van der Waals surface area contributed by atoms with Gasteiger partial charge in [-0.1, -0.05) is 18.2 Å². The SMILES string of the molecule is NC(=O)C(Cc1cccs1)c1ccc(-n2nc(C(F)(F)F)c3c2CCCC3)cc1. The standard InChI is InChI=1S/C21H20F3N3OS/c22-21(23,24)19-16-5-1-2-6-18(16)27(26-19)14-9-7-13(8-10-14)17(20(25)28)12-15-4-3-11-29-15/h3-4,7-11,17H,1-2,5-6,12H2,(H2,25,28). The van der Waals surface area contributed by atoms with Crippen molar-refractivity contribution in [2.24, 2.45) is 5.73 Å². The van der Waals surface area contributed by atoms with Gasteiger partial charge in [-0.05, 0) is 61.2 Å². The van der Waals surface area contributed by atoms with Gasteiger partial charge in [0.2, 0.25) is 5.91 Å². The first-order valence-corrected chi connectivity index (χ1v) is 10.3. The molecule has 2 heterocycles. The highest BCUT2D eigenvalue weighted by atomic mass is 32.1. The van der Waals surface area contributed by atoms with Crippen molar-refractivity contribution in [3.63, 3.8) is 0 Å². The van der Waals surface area contributed by atoms with E-state index in [0.29, 0.717) is 36.2 Å². The zero-order valence-corrected chi connectivity index (χ0v) is 16.4. The van der Waals surface area contributed by atoms with E-state index in [1.807, 2.05) is 17.5 Å². The lowest BCUT2D eigenvalue weighted by molar-refractivity contribution is -0.142. The number of halogens is 3. The Hall–Kier alpha value is -2.61. The molecule has 0 radical (unpaired) electrons. The first kappa shape index (κ1) is 19.7. The van der Waals surface area contributed by atoms with Gasteiger partial charge in [-0.15, -0.1) is 11.3 Å². The van der Waals surface area contributed by atoms with Gasteiger partial charge in [0.1, 0.15) is 0 Å². The highest BCUT2D eigenvalue weighted by Crippen LogP contribution is 2.37. The third-order valence-electron chi connectivity index (χ3n) is 5.32. The predicted molar refractivity (Wildman–Crippen MR) is 105 cm³/mol. The second-order valence-corrected chi connectivity index (χ2v) is 8.25. The molecule has 0 bridgehead atoms. The van der Waals surface area contributed by atoms with Gasteiger partial charge >= 0.3 is 6.18 Å². The number of carbonyl (C=O) groups excluding carboxylic acids is 1. The molecule has 4 nitrogen and oxygen atoms in total. The van der Waals surface area contributed by atoms with Gasteiger partial charge in [0.05, 0.1) is 11.6 Å². The van der Waals surface area contributed by atoms with Gasteiger partial charge in [0, 0.05) is 16.1 Å². The smallest absolute Gasteiger partial charge is 0.369 e. The van der Waals surface area contributed by atoms with Gasteiger partial charge in [0.25, 0.3) is 0 Å². The molecule has 1 amide bonds. The average Bonchev–Trinajstić information content (AvgIpc) is 3.33. The van der Waals surface area contributed by atoms with Crippen LogP contribution in [0.4, 0.5) is 13.2 Å². The molecule has 4 rings (SSSR count). The summed E-state index contributed by atoms with van der Waals surface area (Å²) in [6.45, 7) is 0. The minimum atomic E-state index is -4.47. The number of carbonyl (C=O) groups is 1. The van der Waals surface area contributed by atoms with Crippen LogP contribution in [0, 0.1) is 0 Å². The van der Waals surface area contributed by atoms with E-state index in [4.69, 9.17) is 5.73 Å². The van der Waals surface area contributed by atoms with Crippen LogP contribution in [0.5, 0.6) is 0 Å². The Balaban J connectivity index is 1.67. The Kier molecular flexibility index (Phi) is 5.21. The lowest BCUT2D eigenvalue weighted by Crippen LogP contribution is -2.23. The molecule has 2 N–H and O–H groups in total. The van der Waals surface area contributed by atoms with Crippen LogP contribution in [-0.2, 0) is 30.2 Å². The van der Waals surface area contributed by atoms with Crippen molar-refractivity contribution in [3.8, 4) is 5.69 Å². The molecule has 0 saturated carbocycles. The summed E-state index contributed by atoms with van der Waals surface area (Å²) in [5, 5.41) is 5.85. The van der Waals surface area contributed by atoms with E-state index in [-0.39, 0.29) is 0 Å². The Morgan fingerprint density at radius 2 is 1.90 bits per heavy atom. The van der Waals surface area contributed by atoms with Crippen molar-refractivity contribution in [1.29, 1.82) is 0 Å². The van der Waals surface area contributed by atoms with E-state index in [1.165, 1.54) is 4.68 Å². The number of nitrogens with zero attached hydrogens (tertiary/aromatic N) is 2. The van der Waals surface area contributed by atoms with Crippen molar-refractivity contribution >= 4 is 17.2 Å². The first-order chi connectivity index (χ1) is 13.8. The van der Waals surface area contributed by atoms with E-state index in [0.717, 1.165) is 23.3 Å². The molecular formula is C21H20F3N3OS. The third-order valence-corrected chi connectivity index (χ3v) is 6.22. The summed E-state index contributed by atoms with van der Waals surface area (Å²) in [5.41, 5.74) is 7.04. The predicted octanol–water partition coefficient (Wildman–Crippen LogP) is 4.64. The second-order valence-electron chi connectivity index (χ2n) is 7.22. The molecule has 29 heavy (non-hydrogen) atoms. The van der Waals surface area contributed by atoms with Gasteiger partial charge in [0.15, 0.2) is 5.69 Å². The van der Waals surface area contributed by atoms with Gasteiger partial charge in [-0.2, -0.15) is 18.3 Å². The maximum Gasteiger partial charge on any atom is 0.435 e. The highest BCUT2D eigenvalue weighted by molar-refractivity contribution is 7.09. The summed E-state index contributed by atoms with van der Waals surface area (Å²) >= 11 is 1.56. The fourth-order valence-electron chi connectivity index (χ4n) is 3.90. The summed E-state index contributed by atoms with van der Waals surface area (Å²) in [4.78, 5) is 13.0. The summed E-state index contributed by atoms with van der Waals surface area (Å²) in [6, 6.07) is 10.8. The zero-order chi connectivity index (χ0) is 20.6. The number of fused-ring (bicyclic) bond motifs is 1. The number of amides is 1. The van der Waals surface area contributed by atoms with Crippen molar-refractivity contribution in [2.45, 2.75) is 44.2 Å². The number of hydrogen-bond acceptors (Lipinski definition) is 3. The normalized spacial score (nSPS) is 15.1. The van der Waals surface area contributed by atoms with Crippen LogP contribution in [-0.4, -0.2) is 15.7 Å². The molecule has 0 fully saturated rings. The fourth-order valence-corrected chi connectivity index (χ4v) is 4.65. The number of hydrogen-bond donors (Lipinski definition) is 1. The molecule has 0 saturated heterocycles. The Bertz CT molecular complexity index is 1010. The van der Waals surface area contributed by atoms with E-state index < -0.39 is 23.7 Å². The summed E-state index contributed by atoms with van der Waals surface area (Å²) in [6.07, 6.45) is -1.41. The average molecular weight is 419 g/mol. The van der Waals surface area contributed by atoms with E-state index in [9.17, 15) is 18.0 Å². The van der Waals surface area contributed by atoms with Crippen molar-refractivity contribution < 1.29 is 18.0 Å². The molecule has 0 spiro atoms. The molecule has 1 unspecified atom stereocenters. The fraction of sp³-hybridized carbons (Fsp3) is 0.333. The largest absolute Gasteiger partial charge is 0.435 e. The molecule has 8 heteroatoms. The molecule has 1 aliphatic rings. The van der Waals surface area contributed by atoms with E-state index in [1.54, 1.807) is 35.6 Å². The Morgan fingerprint density at radius 1 is 1.17 bits per heavy atom. The zero-order valence-electron chi connectivity index (χ0n) is 15.6. The van der Waals surface area contributed by atoms with Crippen molar-refractivity contribution in [1.82, 2.24) is 9.78 Å². The maximum atomic E-state index is 13.4. The highest BCUT2D eigenvalue weighted by Gasteiger charge is 2.39. The molecular weight excluding hydrogens is 399 g/mol. The lowest BCUT2D eigenvalue weighted by atomic mass is 9.94. The number of aromatic nitrogens is 2. The number of benzene rings is 1. The van der Waals surface area contributed by atoms with Gasteiger partial charge in [-0.25, -0.2) is 4.68 Å². The number of alkyl halides is 3. The lowest BCUT2D eigenvalue weighted by Gasteiger charge is -2.16. The summed E-state index contributed by atoms with van der Waals surface area (Å²) < 4.78 is 41.7. The number of primary amides is 1. The second kappa shape index (κ2) is 7.67. The van der Waals surface area contributed by atoms with Crippen LogP contribution in [0.1, 0.15) is 46.2 Å². The summed E-state index contributed by atoms with van der Waals surface area (Å²) in [7, 11) is 0. The molecule has 2 aromatic heterocycles.